The second-order valence-corrected chi connectivity index (χ2v) is 5.37. The van der Waals surface area contributed by atoms with Crippen molar-refractivity contribution in [3.05, 3.63) is 18.0 Å². The van der Waals surface area contributed by atoms with E-state index in [1.807, 2.05) is 6.92 Å². The van der Waals surface area contributed by atoms with Gasteiger partial charge in [0.1, 0.15) is 0 Å². The highest BCUT2D eigenvalue weighted by molar-refractivity contribution is 5.95. The van der Waals surface area contributed by atoms with Gasteiger partial charge in [-0.15, -0.1) is 0 Å². The average molecular weight is 278 g/mol. The summed E-state index contributed by atoms with van der Waals surface area (Å²) in [6, 6.07) is 1.62. The summed E-state index contributed by atoms with van der Waals surface area (Å²) in [5.74, 6) is 0.221. The molecular formula is C15H22N2O3. The maximum atomic E-state index is 12.2. The second-order valence-electron chi connectivity index (χ2n) is 5.37. The van der Waals surface area contributed by atoms with Crippen LogP contribution >= 0.6 is 0 Å². The van der Waals surface area contributed by atoms with Crippen LogP contribution in [0, 0.1) is 5.92 Å². The fraction of sp³-hybridized carbons (Fsp3) is 0.600. The third-order valence-corrected chi connectivity index (χ3v) is 4.04. The van der Waals surface area contributed by atoms with Crippen LogP contribution in [0.5, 0.6) is 11.5 Å². The number of ether oxygens (including phenoxy) is 1. The summed E-state index contributed by atoms with van der Waals surface area (Å²) in [5.41, 5.74) is 0.0204. The van der Waals surface area contributed by atoms with Crippen molar-refractivity contribution in [3.8, 4) is 11.5 Å². The normalized spacial score (nSPS) is 17.5. The van der Waals surface area contributed by atoms with E-state index >= 15 is 0 Å². The summed E-state index contributed by atoms with van der Waals surface area (Å²) in [7, 11) is 1.45. The topological polar surface area (TPSA) is 71.5 Å². The van der Waals surface area contributed by atoms with Crippen LogP contribution in [0.2, 0.25) is 0 Å². The predicted octanol–water partition coefficient (Wildman–Crippen LogP) is 2.49. The van der Waals surface area contributed by atoms with Crippen LogP contribution in [0.4, 0.5) is 0 Å². The van der Waals surface area contributed by atoms with E-state index in [-0.39, 0.29) is 29.1 Å². The second kappa shape index (κ2) is 6.59. The summed E-state index contributed by atoms with van der Waals surface area (Å²) in [6.07, 6.45) is 7.51. The lowest BCUT2D eigenvalue weighted by atomic mass is 9.84. The largest absolute Gasteiger partial charge is 0.503 e. The highest BCUT2D eigenvalue weighted by Gasteiger charge is 2.24. The smallest absolute Gasteiger partial charge is 0.274 e. The minimum atomic E-state index is -0.348. The van der Waals surface area contributed by atoms with Gasteiger partial charge in [0, 0.05) is 18.3 Å². The number of methoxy groups -OCH3 is 1. The van der Waals surface area contributed by atoms with E-state index in [1.54, 1.807) is 0 Å². The summed E-state index contributed by atoms with van der Waals surface area (Å²) >= 11 is 0. The van der Waals surface area contributed by atoms with Crippen LogP contribution in [0.1, 0.15) is 49.5 Å². The van der Waals surface area contributed by atoms with Crippen molar-refractivity contribution in [1.29, 1.82) is 0 Å². The molecule has 5 heteroatoms. The van der Waals surface area contributed by atoms with E-state index in [1.165, 1.54) is 38.6 Å². The molecule has 1 amide bonds. The lowest BCUT2D eigenvalue weighted by molar-refractivity contribution is 0.0910. The van der Waals surface area contributed by atoms with Gasteiger partial charge in [0.05, 0.1) is 7.11 Å². The lowest BCUT2D eigenvalue weighted by Gasteiger charge is -2.28. The van der Waals surface area contributed by atoms with E-state index in [0.717, 1.165) is 12.8 Å². The highest BCUT2D eigenvalue weighted by Crippen LogP contribution is 2.29. The van der Waals surface area contributed by atoms with Gasteiger partial charge in [0.15, 0.2) is 17.2 Å². The van der Waals surface area contributed by atoms with Crippen LogP contribution < -0.4 is 10.1 Å². The first-order valence-corrected chi connectivity index (χ1v) is 7.16. The molecule has 1 aromatic heterocycles. The van der Waals surface area contributed by atoms with Crippen LogP contribution in [0.25, 0.3) is 0 Å². The van der Waals surface area contributed by atoms with E-state index in [2.05, 4.69) is 10.3 Å². The molecule has 5 nitrogen and oxygen atoms in total. The van der Waals surface area contributed by atoms with Gasteiger partial charge < -0.3 is 15.2 Å². The standard InChI is InChI=1S/C15H22N2O3/c1-10(11-6-4-3-5-7-11)17-15(19)13-14(18)12(20-2)8-9-16-13/h8-11,18H,3-7H2,1-2H3,(H,17,19)/t10-/m0/s1. The zero-order chi connectivity index (χ0) is 14.5. The Morgan fingerprint density at radius 2 is 2.15 bits per heavy atom. The van der Waals surface area contributed by atoms with E-state index in [0.29, 0.717) is 5.92 Å². The number of carbonyl (C=O) groups is 1. The maximum Gasteiger partial charge on any atom is 0.274 e. The molecule has 0 aliphatic heterocycles. The van der Waals surface area contributed by atoms with E-state index < -0.39 is 0 Å². The van der Waals surface area contributed by atoms with Crippen LogP contribution in [0.15, 0.2) is 12.3 Å². The van der Waals surface area contributed by atoms with Gasteiger partial charge in [-0.3, -0.25) is 4.79 Å². The molecule has 0 radical (unpaired) electrons. The molecule has 110 valence electrons. The molecule has 1 aliphatic rings. The molecule has 1 saturated carbocycles. The van der Waals surface area contributed by atoms with Gasteiger partial charge in [0.25, 0.3) is 5.91 Å². The van der Waals surface area contributed by atoms with E-state index in [9.17, 15) is 9.90 Å². The monoisotopic (exact) mass is 278 g/mol. The third-order valence-electron chi connectivity index (χ3n) is 4.04. The van der Waals surface area contributed by atoms with Gasteiger partial charge in [0.2, 0.25) is 0 Å². The number of aromatic nitrogens is 1. The van der Waals surface area contributed by atoms with Crippen LogP contribution in [-0.4, -0.2) is 29.1 Å². The molecule has 0 bridgehead atoms. The van der Waals surface area contributed by atoms with Crippen molar-refractivity contribution in [1.82, 2.24) is 10.3 Å². The number of pyridine rings is 1. The maximum absolute atomic E-state index is 12.2. The van der Waals surface area contributed by atoms with Crippen molar-refractivity contribution >= 4 is 5.91 Å². The quantitative estimate of drug-likeness (QED) is 0.887. The van der Waals surface area contributed by atoms with Gasteiger partial charge in [-0.25, -0.2) is 4.98 Å². The molecular weight excluding hydrogens is 256 g/mol. The molecule has 1 aromatic rings. The Hall–Kier alpha value is -1.78. The van der Waals surface area contributed by atoms with Gasteiger partial charge in [-0.1, -0.05) is 19.3 Å². The van der Waals surface area contributed by atoms with Crippen molar-refractivity contribution in [2.75, 3.05) is 7.11 Å². The number of amides is 1. The molecule has 20 heavy (non-hydrogen) atoms. The zero-order valence-corrected chi connectivity index (χ0v) is 12.1. The Balaban J connectivity index is 2.04. The Kier molecular flexibility index (Phi) is 4.82. The molecule has 0 unspecified atom stereocenters. The molecule has 0 aromatic carbocycles. The fourth-order valence-corrected chi connectivity index (χ4v) is 2.79. The van der Waals surface area contributed by atoms with Crippen molar-refractivity contribution in [2.24, 2.45) is 5.92 Å². The summed E-state index contributed by atoms with van der Waals surface area (Å²) in [4.78, 5) is 16.1. The Morgan fingerprint density at radius 3 is 2.80 bits per heavy atom. The third kappa shape index (κ3) is 3.21. The SMILES string of the molecule is COc1ccnc(C(=O)N[C@@H](C)C2CCCCC2)c1O. The Labute approximate surface area is 119 Å². The van der Waals surface area contributed by atoms with Crippen molar-refractivity contribution in [2.45, 2.75) is 45.1 Å². The first kappa shape index (κ1) is 14.6. The molecule has 2 N–H and O–H groups in total. The molecule has 0 spiro atoms. The number of rotatable bonds is 4. The number of carbonyl (C=O) groups excluding carboxylic acids is 1. The fourth-order valence-electron chi connectivity index (χ4n) is 2.79. The number of nitrogens with zero attached hydrogens (tertiary/aromatic N) is 1. The predicted molar refractivity (Wildman–Crippen MR) is 76.0 cm³/mol. The van der Waals surface area contributed by atoms with Crippen LogP contribution in [-0.2, 0) is 0 Å². The summed E-state index contributed by atoms with van der Waals surface area (Å²) in [5, 5.41) is 12.9. The number of aromatic hydroxyl groups is 1. The summed E-state index contributed by atoms with van der Waals surface area (Å²) in [6.45, 7) is 2.02. The first-order valence-electron chi connectivity index (χ1n) is 7.16. The molecule has 1 fully saturated rings. The molecule has 1 heterocycles. The molecule has 0 saturated heterocycles. The average Bonchev–Trinajstić information content (AvgIpc) is 2.48. The zero-order valence-electron chi connectivity index (χ0n) is 12.1. The molecule has 1 aliphatic carbocycles. The highest BCUT2D eigenvalue weighted by atomic mass is 16.5. The molecule has 2 rings (SSSR count). The first-order chi connectivity index (χ1) is 9.63. The van der Waals surface area contributed by atoms with Crippen LogP contribution in [0.3, 0.4) is 0 Å². The summed E-state index contributed by atoms with van der Waals surface area (Å²) < 4.78 is 4.99. The van der Waals surface area contributed by atoms with E-state index in [4.69, 9.17) is 4.74 Å². The molecule has 1 atom stereocenters. The number of nitrogens with one attached hydrogen (secondary N) is 1. The Bertz CT molecular complexity index is 470. The minimum absolute atomic E-state index is 0.0204. The van der Waals surface area contributed by atoms with Gasteiger partial charge in [-0.2, -0.15) is 0 Å². The van der Waals surface area contributed by atoms with Gasteiger partial charge >= 0.3 is 0 Å². The van der Waals surface area contributed by atoms with Crippen molar-refractivity contribution in [3.63, 3.8) is 0 Å². The number of hydrogen-bond donors (Lipinski definition) is 2. The lowest BCUT2D eigenvalue weighted by Crippen LogP contribution is -2.39. The number of hydrogen-bond acceptors (Lipinski definition) is 4. The minimum Gasteiger partial charge on any atom is -0.503 e. The van der Waals surface area contributed by atoms with Crippen molar-refractivity contribution < 1.29 is 14.6 Å². The van der Waals surface area contributed by atoms with Gasteiger partial charge in [-0.05, 0) is 25.7 Å². The Morgan fingerprint density at radius 1 is 1.45 bits per heavy atom.